The van der Waals surface area contributed by atoms with Crippen molar-refractivity contribution in [2.24, 2.45) is 0 Å². The third-order valence-corrected chi connectivity index (χ3v) is 4.59. The molecule has 3 aromatic rings. The first-order valence-corrected chi connectivity index (χ1v) is 8.59. The lowest BCUT2D eigenvalue weighted by atomic mass is 10.1. The molecule has 3 rings (SSSR count). The van der Waals surface area contributed by atoms with Crippen LogP contribution < -0.4 is 4.74 Å². The van der Waals surface area contributed by atoms with Gasteiger partial charge in [-0.3, -0.25) is 4.79 Å². The van der Waals surface area contributed by atoms with Crippen molar-refractivity contribution in [3.05, 3.63) is 71.8 Å². The Kier molecular flexibility index (Phi) is 5.26. The minimum absolute atomic E-state index is 0.0857. The third kappa shape index (κ3) is 4.33. The van der Waals surface area contributed by atoms with Crippen LogP contribution in [0.15, 0.2) is 61.2 Å². The molecule has 1 heterocycles. The molecule has 0 saturated heterocycles. The van der Waals surface area contributed by atoms with Crippen LogP contribution in [-0.4, -0.2) is 22.7 Å². The number of aliphatic carboxylic acids is 1. The highest BCUT2D eigenvalue weighted by molar-refractivity contribution is 7.19. The molecular formula is C20H17NO3S. The molecule has 1 aromatic heterocycles. The molecule has 126 valence electrons. The molecule has 0 atom stereocenters. The SMILES string of the molecule is C=CCOc1cccc(/C=C(/CC(=O)O)c2nc3ccccc3s2)c1. The first-order valence-electron chi connectivity index (χ1n) is 7.78. The summed E-state index contributed by atoms with van der Waals surface area (Å²) in [5, 5.41) is 9.99. The highest BCUT2D eigenvalue weighted by Gasteiger charge is 2.12. The summed E-state index contributed by atoms with van der Waals surface area (Å²) in [5.74, 6) is -0.169. The van der Waals surface area contributed by atoms with E-state index in [0.717, 1.165) is 20.8 Å². The Morgan fingerprint density at radius 3 is 2.84 bits per heavy atom. The third-order valence-electron chi connectivity index (χ3n) is 3.48. The second-order valence-corrected chi connectivity index (χ2v) is 6.43. The quantitative estimate of drug-likeness (QED) is 0.617. The zero-order valence-electron chi connectivity index (χ0n) is 13.5. The average Bonchev–Trinajstić information content (AvgIpc) is 3.03. The predicted molar refractivity (Wildman–Crippen MR) is 102 cm³/mol. The summed E-state index contributed by atoms with van der Waals surface area (Å²) in [6.45, 7) is 4.05. The van der Waals surface area contributed by atoms with E-state index in [-0.39, 0.29) is 6.42 Å². The molecule has 0 bridgehead atoms. The monoisotopic (exact) mass is 351 g/mol. The van der Waals surface area contributed by atoms with E-state index in [9.17, 15) is 9.90 Å². The molecular weight excluding hydrogens is 334 g/mol. The van der Waals surface area contributed by atoms with E-state index in [4.69, 9.17) is 4.74 Å². The lowest BCUT2D eigenvalue weighted by Crippen LogP contribution is -1.97. The van der Waals surface area contributed by atoms with Gasteiger partial charge < -0.3 is 9.84 Å². The van der Waals surface area contributed by atoms with Crippen molar-refractivity contribution in [1.29, 1.82) is 0 Å². The second kappa shape index (κ2) is 7.77. The molecule has 4 nitrogen and oxygen atoms in total. The number of para-hydroxylation sites is 1. The number of benzene rings is 2. The minimum atomic E-state index is -0.885. The predicted octanol–water partition coefficient (Wildman–Crippen LogP) is 4.88. The van der Waals surface area contributed by atoms with Crippen molar-refractivity contribution in [2.75, 3.05) is 6.61 Å². The number of hydrogen-bond acceptors (Lipinski definition) is 4. The molecule has 0 amide bonds. The zero-order valence-corrected chi connectivity index (χ0v) is 14.3. The topological polar surface area (TPSA) is 59.4 Å². The molecule has 0 saturated carbocycles. The fourth-order valence-electron chi connectivity index (χ4n) is 2.41. The summed E-state index contributed by atoms with van der Waals surface area (Å²) < 4.78 is 6.57. The van der Waals surface area contributed by atoms with Crippen LogP contribution in [0.25, 0.3) is 21.9 Å². The molecule has 0 spiro atoms. The van der Waals surface area contributed by atoms with Gasteiger partial charge in [-0.1, -0.05) is 36.9 Å². The lowest BCUT2D eigenvalue weighted by Gasteiger charge is -2.05. The number of carboxylic acid groups (broad SMARTS) is 1. The maximum atomic E-state index is 11.3. The van der Waals surface area contributed by atoms with E-state index >= 15 is 0 Å². The van der Waals surface area contributed by atoms with Crippen LogP contribution in [0.2, 0.25) is 0 Å². The van der Waals surface area contributed by atoms with Gasteiger partial charge in [-0.05, 0) is 41.5 Å². The molecule has 0 radical (unpaired) electrons. The summed E-state index contributed by atoms with van der Waals surface area (Å²) >= 11 is 1.50. The van der Waals surface area contributed by atoms with Crippen molar-refractivity contribution in [1.82, 2.24) is 4.98 Å². The number of thiazole rings is 1. The smallest absolute Gasteiger partial charge is 0.307 e. The summed E-state index contributed by atoms with van der Waals surface area (Å²) in [5.41, 5.74) is 2.42. The Morgan fingerprint density at radius 1 is 1.24 bits per heavy atom. The molecule has 25 heavy (non-hydrogen) atoms. The fraction of sp³-hybridized carbons (Fsp3) is 0.100. The van der Waals surface area contributed by atoms with Gasteiger partial charge in [-0.25, -0.2) is 4.98 Å². The zero-order chi connectivity index (χ0) is 17.6. The number of rotatable bonds is 7. The van der Waals surface area contributed by atoms with Gasteiger partial charge in [-0.15, -0.1) is 11.3 Å². The number of fused-ring (bicyclic) bond motifs is 1. The molecule has 2 aromatic carbocycles. The van der Waals surface area contributed by atoms with E-state index in [0.29, 0.717) is 17.9 Å². The van der Waals surface area contributed by atoms with Gasteiger partial charge in [0.1, 0.15) is 17.4 Å². The summed E-state index contributed by atoms with van der Waals surface area (Å²) in [6, 6.07) is 15.3. The standard InChI is InChI=1S/C20H17NO3S/c1-2-10-24-16-7-5-6-14(12-16)11-15(13-19(22)23)20-21-17-8-3-4-9-18(17)25-20/h2-9,11-12H,1,10,13H2,(H,22,23)/b15-11-. The Hall–Kier alpha value is -2.92. The largest absolute Gasteiger partial charge is 0.490 e. The Morgan fingerprint density at radius 2 is 2.08 bits per heavy atom. The first-order chi connectivity index (χ1) is 12.2. The molecule has 5 heteroatoms. The van der Waals surface area contributed by atoms with Crippen molar-refractivity contribution in [2.45, 2.75) is 6.42 Å². The first kappa shape index (κ1) is 16.9. The highest BCUT2D eigenvalue weighted by Crippen LogP contribution is 2.30. The van der Waals surface area contributed by atoms with Crippen LogP contribution in [0.3, 0.4) is 0 Å². The number of carboxylic acids is 1. The van der Waals surface area contributed by atoms with E-state index in [1.807, 2.05) is 54.6 Å². The van der Waals surface area contributed by atoms with Crippen molar-refractivity contribution in [3.63, 3.8) is 0 Å². The van der Waals surface area contributed by atoms with E-state index in [1.165, 1.54) is 11.3 Å². The van der Waals surface area contributed by atoms with Crippen molar-refractivity contribution >= 4 is 39.2 Å². The van der Waals surface area contributed by atoms with Gasteiger partial charge in [0.05, 0.1) is 16.6 Å². The molecule has 0 unspecified atom stereocenters. The second-order valence-electron chi connectivity index (χ2n) is 5.40. The number of nitrogens with zero attached hydrogens (tertiary/aromatic N) is 1. The average molecular weight is 351 g/mol. The molecule has 0 aliphatic rings. The Bertz CT molecular complexity index is 910. The lowest BCUT2D eigenvalue weighted by molar-refractivity contribution is -0.135. The van der Waals surface area contributed by atoms with Gasteiger partial charge in [0.25, 0.3) is 0 Å². The molecule has 1 N–H and O–H groups in total. The van der Waals surface area contributed by atoms with E-state index in [1.54, 1.807) is 6.08 Å². The van der Waals surface area contributed by atoms with Gasteiger partial charge in [0.15, 0.2) is 0 Å². The van der Waals surface area contributed by atoms with Crippen LogP contribution in [0.5, 0.6) is 5.75 Å². The molecule has 0 aliphatic heterocycles. The van der Waals surface area contributed by atoms with Crippen LogP contribution in [0, 0.1) is 0 Å². The van der Waals surface area contributed by atoms with Crippen LogP contribution in [-0.2, 0) is 4.79 Å². The highest BCUT2D eigenvalue weighted by atomic mass is 32.1. The van der Waals surface area contributed by atoms with Gasteiger partial charge in [-0.2, -0.15) is 0 Å². The van der Waals surface area contributed by atoms with Gasteiger partial charge in [0.2, 0.25) is 0 Å². The molecule has 0 aliphatic carbocycles. The number of aromatic nitrogens is 1. The van der Waals surface area contributed by atoms with Gasteiger partial charge in [0, 0.05) is 0 Å². The van der Waals surface area contributed by atoms with Gasteiger partial charge >= 0.3 is 5.97 Å². The Labute approximate surface area is 149 Å². The van der Waals surface area contributed by atoms with Crippen LogP contribution in [0.4, 0.5) is 0 Å². The summed E-state index contributed by atoms with van der Waals surface area (Å²) in [6.07, 6.45) is 3.45. The van der Waals surface area contributed by atoms with Crippen molar-refractivity contribution < 1.29 is 14.6 Å². The van der Waals surface area contributed by atoms with Crippen LogP contribution >= 0.6 is 11.3 Å². The summed E-state index contributed by atoms with van der Waals surface area (Å²) in [7, 11) is 0. The number of hydrogen-bond donors (Lipinski definition) is 1. The maximum absolute atomic E-state index is 11.3. The normalized spacial score (nSPS) is 11.4. The fourth-order valence-corrected chi connectivity index (χ4v) is 3.39. The number of carbonyl (C=O) groups is 1. The van der Waals surface area contributed by atoms with E-state index < -0.39 is 5.97 Å². The van der Waals surface area contributed by atoms with Crippen molar-refractivity contribution in [3.8, 4) is 5.75 Å². The Balaban J connectivity index is 1.98. The summed E-state index contributed by atoms with van der Waals surface area (Å²) in [4.78, 5) is 15.9. The maximum Gasteiger partial charge on any atom is 0.307 e. The van der Waals surface area contributed by atoms with E-state index in [2.05, 4.69) is 11.6 Å². The van der Waals surface area contributed by atoms with Crippen LogP contribution in [0.1, 0.15) is 17.0 Å². The minimum Gasteiger partial charge on any atom is -0.490 e. The molecule has 0 fully saturated rings. The number of ether oxygens (including phenoxy) is 1.